The Morgan fingerprint density at radius 2 is 1.95 bits per heavy atom. The molecule has 0 N–H and O–H groups in total. The number of alkyl halides is 3. The minimum Gasteiger partial charge on any atom is -0.479 e. The number of hydrogen-bond donors (Lipinski definition) is 0. The molecule has 1 fully saturated rings. The van der Waals surface area contributed by atoms with Crippen molar-refractivity contribution in [2.24, 2.45) is 0 Å². The zero-order valence-corrected chi connectivity index (χ0v) is 19.5. The van der Waals surface area contributed by atoms with E-state index in [1.807, 2.05) is 6.07 Å². The summed E-state index contributed by atoms with van der Waals surface area (Å²) in [5.74, 6) is -0.511. The number of anilines is 1. The van der Waals surface area contributed by atoms with Crippen molar-refractivity contribution in [2.45, 2.75) is 25.2 Å². The number of para-hydroxylation sites is 1. The van der Waals surface area contributed by atoms with Gasteiger partial charge in [0.25, 0.3) is 0 Å². The summed E-state index contributed by atoms with van der Waals surface area (Å²) in [6.07, 6.45) is -2.98. The largest absolute Gasteiger partial charge is 0.479 e. The maximum atomic E-state index is 14.6. The molecule has 1 aliphatic rings. The monoisotopic (exact) mass is 512 g/mol. The van der Waals surface area contributed by atoms with Gasteiger partial charge in [0.2, 0.25) is 5.88 Å². The molecule has 0 amide bonds. The second-order valence-electron chi connectivity index (χ2n) is 8.59. The van der Waals surface area contributed by atoms with Crippen LogP contribution in [-0.2, 0) is 12.7 Å². The SMILES string of the molecule is COc1ncnc2c1n(Cc1ccccc1C(F)(F)F)c(=O)n2C1CCN(c2c(F)cccc2C#N)C1. The van der Waals surface area contributed by atoms with Crippen molar-refractivity contribution in [3.63, 3.8) is 0 Å². The van der Waals surface area contributed by atoms with E-state index in [4.69, 9.17) is 4.74 Å². The van der Waals surface area contributed by atoms with Crippen molar-refractivity contribution in [3.05, 3.63) is 81.8 Å². The van der Waals surface area contributed by atoms with Gasteiger partial charge in [0.15, 0.2) is 11.2 Å². The number of rotatable bonds is 5. The molecule has 0 saturated carbocycles. The predicted octanol–water partition coefficient (Wildman–Crippen LogP) is 4.13. The Morgan fingerprint density at radius 1 is 1.16 bits per heavy atom. The van der Waals surface area contributed by atoms with Gasteiger partial charge in [-0.3, -0.25) is 9.13 Å². The van der Waals surface area contributed by atoms with Crippen LogP contribution in [0.15, 0.2) is 53.6 Å². The first kappa shape index (κ1) is 24.3. The molecule has 12 heteroatoms. The van der Waals surface area contributed by atoms with E-state index in [-0.39, 0.29) is 46.9 Å². The van der Waals surface area contributed by atoms with Gasteiger partial charge in [0, 0.05) is 13.1 Å². The molecule has 2 aromatic carbocycles. The number of methoxy groups -OCH3 is 1. The molecule has 37 heavy (non-hydrogen) atoms. The first-order valence-electron chi connectivity index (χ1n) is 11.3. The molecule has 0 spiro atoms. The highest BCUT2D eigenvalue weighted by Gasteiger charge is 2.35. The second-order valence-corrected chi connectivity index (χ2v) is 8.59. The summed E-state index contributed by atoms with van der Waals surface area (Å²) in [6, 6.07) is 10.8. The Bertz CT molecular complexity index is 1590. The van der Waals surface area contributed by atoms with Gasteiger partial charge in [-0.25, -0.2) is 14.2 Å². The fraction of sp³-hybridized carbons (Fsp3) is 0.280. The van der Waals surface area contributed by atoms with E-state index in [2.05, 4.69) is 9.97 Å². The molecule has 0 aliphatic carbocycles. The number of ether oxygens (including phenoxy) is 1. The third-order valence-corrected chi connectivity index (χ3v) is 6.50. The van der Waals surface area contributed by atoms with Gasteiger partial charge in [-0.05, 0) is 30.2 Å². The molecule has 8 nitrogen and oxygen atoms in total. The van der Waals surface area contributed by atoms with Crippen LogP contribution in [0, 0.1) is 17.1 Å². The van der Waals surface area contributed by atoms with Crippen molar-refractivity contribution < 1.29 is 22.3 Å². The van der Waals surface area contributed by atoms with Crippen LogP contribution < -0.4 is 15.3 Å². The van der Waals surface area contributed by atoms with E-state index in [0.717, 1.165) is 6.07 Å². The number of hydrogen-bond acceptors (Lipinski definition) is 6. The molecule has 3 heterocycles. The number of benzene rings is 2. The quantitative estimate of drug-likeness (QED) is 0.374. The van der Waals surface area contributed by atoms with E-state index in [1.54, 1.807) is 4.90 Å². The standard InChI is InChI=1S/C25H20F4N6O2/c1-37-23-21-22(31-14-32-23)35(17-9-10-33(13-17)20-15(11-30)6-4-8-19(20)26)24(36)34(21)12-16-5-2-3-7-18(16)25(27,28)29/h2-8,14,17H,9-10,12-13H2,1H3. The Labute approximate surface area is 208 Å². The van der Waals surface area contributed by atoms with Gasteiger partial charge in [0.1, 0.15) is 18.2 Å². The maximum absolute atomic E-state index is 14.6. The number of aromatic nitrogens is 4. The number of nitriles is 1. The maximum Gasteiger partial charge on any atom is 0.416 e. The molecule has 0 bridgehead atoms. The van der Waals surface area contributed by atoms with Gasteiger partial charge in [0.05, 0.1) is 36.5 Å². The third kappa shape index (κ3) is 4.16. The smallest absolute Gasteiger partial charge is 0.416 e. The van der Waals surface area contributed by atoms with Gasteiger partial charge < -0.3 is 9.64 Å². The van der Waals surface area contributed by atoms with E-state index in [0.29, 0.717) is 13.0 Å². The van der Waals surface area contributed by atoms with Crippen LogP contribution in [0.1, 0.15) is 29.2 Å². The summed E-state index contributed by atoms with van der Waals surface area (Å²) < 4.78 is 63.5. The lowest BCUT2D eigenvalue weighted by atomic mass is 10.1. The Kier molecular flexibility index (Phi) is 6.07. The molecule has 1 saturated heterocycles. The van der Waals surface area contributed by atoms with Gasteiger partial charge in [-0.2, -0.15) is 23.4 Å². The fourth-order valence-electron chi connectivity index (χ4n) is 4.90. The summed E-state index contributed by atoms with van der Waals surface area (Å²) in [5, 5.41) is 9.44. The van der Waals surface area contributed by atoms with Crippen molar-refractivity contribution in [2.75, 3.05) is 25.1 Å². The lowest BCUT2D eigenvalue weighted by Gasteiger charge is -2.20. The van der Waals surface area contributed by atoms with Crippen molar-refractivity contribution >= 4 is 16.9 Å². The van der Waals surface area contributed by atoms with Gasteiger partial charge in [-0.15, -0.1) is 0 Å². The van der Waals surface area contributed by atoms with Gasteiger partial charge in [-0.1, -0.05) is 24.3 Å². The summed E-state index contributed by atoms with van der Waals surface area (Å²) >= 11 is 0. The molecule has 0 radical (unpaired) electrons. The highest BCUT2D eigenvalue weighted by atomic mass is 19.4. The Hall–Kier alpha value is -4.40. The van der Waals surface area contributed by atoms with Crippen LogP contribution in [-0.4, -0.2) is 39.3 Å². The summed E-state index contributed by atoms with van der Waals surface area (Å²) in [7, 11) is 1.34. The van der Waals surface area contributed by atoms with Crippen LogP contribution >= 0.6 is 0 Å². The second kappa shape index (κ2) is 9.24. The molecule has 1 atom stereocenters. The predicted molar refractivity (Wildman–Crippen MR) is 126 cm³/mol. The molecule has 4 aromatic rings. The highest BCUT2D eigenvalue weighted by Crippen LogP contribution is 2.35. The Morgan fingerprint density at radius 3 is 2.68 bits per heavy atom. The number of nitrogens with zero attached hydrogens (tertiary/aromatic N) is 6. The number of halogens is 4. The zero-order valence-electron chi connectivity index (χ0n) is 19.5. The molecule has 190 valence electrons. The van der Waals surface area contributed by atoms with Crippen LogP contribution in [0.25, 0.3) is 11.2 Å². The summed E-state index contributed by atoms with van der Waals surface area (Å²) in [6.45, 7) is 0.169. The molecule has 1 unspecified atom stereocenters. The summed E-state index contributed by atoms with van der Waals surface area (Å²) in [5.41, 5.74) is -0.865. The number of imidazole rings is 1. The third-order valence-electron chi connectivity index (χ3n) is 6.50. The molecule has 2 aromatic heterocycles. The summed E-state index contributed by atoms with van der Waals surface area (Å²) in [4.78, 5) is 23.7. The van der Waals surface area contributed by atoms with Gasteiger partial charge >= 0.3 is 11.9 Å². The van der Waals surface area contributed by atoms with Crippen molar-refractivity contribution in [3.8, 4) is 11.9 Å². The normalized spacial score (nSPS) is 15.8. The minimum atomic E-state index is -4.61. The van der Waals surface area contributed by atoms with Crippen LogP contribution in [0.3, 0.4) is 0 Å². The van der Waals surface area contributed by atoms with Crippen LogP contribution in [0.5, 0.6) is 5.88 Å². The zero-order chi connectivity index (χ0) is 26.3. The molecule has 1 aliphatic heterocycles. The number of fused-ring (bicyclic) bond motifs is 1. The van der Waals surface area contributed by atoms with Crippen LogP contribution in [0.4, 0.5) is 23.2 Å². The molecular weight excluding hydrogens is 492 g/mol. The van der Waals surface area contributed by atoms with Crippen LogP contribution in [0.2, 0.25) is 0 Å². The lowest BCUT2D eigenvalue weighted by molar-refractivity contribution is -0.138. The lowest BCUT2D eigenvalue weighted by Crippen LogP contribution is -2.30. The van der Waals surface area contributed by atoms with E-state index in [1.165, 1.54) is 59.0 Å². The van der Waals surface area contributed by atoms with E-state index in [9.17, 15) is 27.6 Å². The van der Waals surface area contributed by atoms with E-state index >= 15 is 0 Å². The average molecular weight is 512 g/mol. The van der Waals surface area contributed by atoms with Crippen molar-refractivity contribution in [1.29, 1.82) is 5.26 Å². The minimum absolute atomic E-state index is 0.0427. The highest BCUT2D eigenvalue weighted by molar-refractivity contribution is 5.77. The topological polar surface area (TPSA) is 89.0 Å². The average Bonchev–Trinajstić information content (AvgIpc) is 3.45. The first-order valence-corrected chi connectivity index (χ1v) is 11.3. The molecule has 5 rings (SSSR count). The Balaban J connectivity index is 1.61. The van der Waals surface area contributed by atoms with Crippen molar-refractivity contribution in [1.82, 2.24) is 19.1 Å². The molecular formula is C25H20F4N6O2. The first-order chi connectivity index (χ1) is 17.7. The fourth-order valence-corrected chi connectivity index (χ4v) is 4.90. The van der Waals surface area contributed by atoms with E-state index < -0.39 is 29.3 Å².